The second-order valence-electron chi connectivity index (χ2n) is 6.41. The molecule has 0 aliphatic carbocycles. The first kappa shape index (κ1) is 15.0. The van der Waals surface area contributed by atoms with Crippen LogP contribution in [-0.2, 0) is 0 Å². The summed E-state index contributed by atoms with van der Waals surface area (Å²) < 4.78 is 0. The topological polar surface area (TPSA) is 12.0 Å². The quantitative estimate of drug-likeness (QED) is 0.624. The highest BCUT2D eigenvalue weighted by atomic mass is 14.9. The second kappa shape index (κ2) is 7.27. The smallest absolute Gasteiger partial charge is 0.00966 e. The van der Waals surface area contributed by atoms with Crippen LogP contribution in [0.3, 0.4) is 0 Å². The summed E-state index contributed by atoms with van der Waals surface area (Å²) in [6, 6.07) is 0. The molecular formula is C14H31N. The molecule has 0 rings (SSSR count). The number of rotatable bonds is 7. The van der Waals surface area contributed by atoms with Crippen molar-refractivity contribution in [3.05, 3.63) is 0 Å². The zero-order valence-electron chi connectivity index (χ0n) is 11.7. The molecule has 0 bridgehead atoms. The van der Waals surface area contributed by atoms with Gasteiger partial charge in [-0.25, -0.2) is 0 Å². The largest absolute Gasteiger partial charge is 0.312 e. The number of hydrogen-bond donors (Lipinski definition) is 1. The van der Waals surface area contributed by atoms with E-state index >= 15 is 0 Å². The summed E-state index contributed by atoms with van der Waals surface area (Å²) in [5, 5.41) is 3.57. The van der Waals surface area contributed by atoms with E-state index in [0.717, 1.165) is 18.4 Å². The lowest BCUT2D eigenvalue weighted by Crippen LogP contribution is -2.38. The Hall–Kier alpha value is -0.0400. The molecule has 0 aliphatic rings. The Kier molecular flexibility index (Phi) is 7.25. The third kappa shape index (κ3) is 11.9. The third-order valence-corrected chi connectivity index (χ3v) is 2.71. The minimum absolute atomic E-state index is 0.270. The van der Waals surface area contributed by atoms with Crippen molar-refractivity contribution >= 4 is 0 Å². The third-order valence-electron chi connectivity index (χ3n) is 2.71. The Bertz CT molecular complexity index is 144. The van der Waals surface area contributed by atoms with Gasteiger partial charge in [-0.15, -0.1) is 0 Å². The van der Waals surface area contributed by atoms with Crippen molar-refractivity contribution in [2.45, 2.75) is 72.8 Å². The molecule has 1 atom stereocenters. The number of nitrogens with one attached hydrogen (secondary N) is 1. The summed E-state index contributed by atoms with van der Waals surface area (Å²) in [6.07, 6.45) is 5.55. The highest BCUT2D eigenvalue weighted by Gasteiger charge is 2.10. The van der Waals surface area contributed by atoms with Crippen molar-refractivity contribution < 1.29 is 0 Å². The summed E-state index contributed by atoms with van der Waals surface area (Å²) in [5.41, 5.74) is 0.270. The van der Waals surface area contributed by atoms with E-state index in [4.69, 9.17) is 0 Å². The van der Waals surface area contributed by atoms with Gasteiger partial charge in [0.15, 0.2) is 0 Å². The molecule has 0 amide bonds. The zero-order chi connectivity index (χ0) is 11.9. The van der Waals surface area contributed by atoms with E-state index in [-0.39, 0.29) is 5.54 Å². The first-order valence-corrected chi connectivity index (χ1v) is 6.56. The maximum absolute atomic E-state index is 3.57. The summed E-state index contributed by atoms with van der Waals surface area (Å²) >= 11 is 0. The van der Waals surface area contributed by atoms with Crippen molar-refractivity contribution in [1.29, 1.82) is 0 Å². The van der Waals surface area contributed by atoms with E-state index in [2.05, 4.69) is 46.9 Å². The number of hydrogen-bond acceptors (Lipinski definition) is 1. The summed E-state index contributed by atoms with van der Waals surface area (Å²) in [7, 11) is 0. The fourth-order valence-corrected chi connectivity index (χ4v) is 1.63. The molecule has 0 aromatic rings. The molecule has 15 heavy (non-hydrogen) atoms. The van der Waals surface area contributed by atoms with Gasteiger partial charge in [0.1, 0.15) is 0 Å². The Morgan fingerprint density at radius 2 is 1.47 bits per heavy atom. The van der Waals surface area contributed by atoms with Crippen LogP contribution in [0.5, 0.6) is 0 Å². The predicted octanol–water partition coefficient (Wildman–Crippen LogP) is 4.23. The van der Waals surface area contributed by atoms with Gasteiger partial charge in [0.2, 0.25) is 0 Å². The first-order valence-electron chi connectivity index (χ1n) is 6.56. The van der Waals surface area contributed by atoms with E-state index in [1.165, 1.54) is 25.7 Å². The molecule has 0 aromatic carbocycles. The Balaban J connectivity index is 3.38. The lowest BCUT2D eigenvalue weighted by Gasteiger charge is -2.23. The summed E-state index contributed by atoms with van der Waals surface area (Å²) in [6.45, 7) is 14.8. The van der Waals surface area contributed by atoms with Gasteiger partial charge in [0.05, 0.1) is 0 Å². The fourth-order valence-electron chi connectivity index (χ4n) is 1.63. The van der Waals surface area contributed by atoms with Crippen molar-refractivity contribution in [3.8, 4) is 0 Å². The molecule has 1 unspecified atom stereocenters. The molecule has 0 saturated heterocycles. The Morgan fingerprint density at radius 3 is 1.93 bits per heavy atom. The van der Waals surface area contributed by atoms with Crippen molar-refractivity contribution in [2.24, 2.45) is 11.8 Å². The Labute approximate surface area is 97.0 Å². The van der Waals surface area contributed by atoms with E-state index in [0.29, 0.717) is 0 Å². The van der Waals surface area contributed by atoms with Gasteiger partial charge in [-0.3, -0.25) is 0 Å². The standard InChI is InChI=1S/C14H31N/c1-12(2)9-7-8-10-13(3)11-15-14(4,5)6/h12-13,15H,7-11H2,1-6H3. The Morgan fingerprint density at radius 1 is 0.933 bits per heavy atom. The molecule has 0 fully saturated rings. The van der Waals surface area contributed by atoms with Crippen LogP contribution in [-0.4, -0.2) is 12.1 Å². The monoisotopic (exact) mass is 213 g/mol. The van der Waals surface area contributed by atoms with Crippen LogP contribution in [0.1, 0.15) is 67.2 Å². The van der Waals surface area contributed by atoms with Crippen LogP contribution in [0.2, 0.25) is 0 Å². The maximum atomic E-state index is 3.57. The zero-order valence-corrected chi connectivity index (χ0v) is 11.7. The lowest BCUT2D eigenvalue weighted by molar-refractivity contribution is 0.363. The minimum Gasteiger partial charge on any atom is -0.312 e. The van der Waals surface area contributed by atoms with Gasteiger partial charge in [0, 0.05) is 5.54 Å². The highest BCUT2D eigenvalue weighted by Crippen LogP contribution is 2.13. The van der Waals surface area contributed by atoms with Gasteiger partial charge in [-0.1, -0.05) is 40.0 Å². The van der Waals surface area contributed by atoms with Gasteiger partial charge >= 0.3 is 0 Å². The molecule has 1 N–H and O–H groups in total. The van der Waals surface area contributed by atoms with Crippen LogP contribution in [0, 0.1) is 11.8 Å². The molecule has 0 heterocycles. The molecule has 0 aliphatic heterocycles. The molecule has 1 nitrogen and oxygen atoms in total. The minimum atomic E-state index is 0.270. The van der Waals surface area contributed by atoms with Crippen molar-refractivity contribution in [1.82, 2.24) is 5.32 Å². The van der Waals surface area contributed by atoms with Gasteiger partial charge in [-0.2, -0.15) is 0 Å². The molecular weight excluding hydrogens is 182 g/mol. The predicted molar refractivity (Wildman–Crippen MR) is 70.2 cm³/mol. The second-order valence-corrected chi connectivity index (χ2v) is 6.41. The first-order chi connectivity index (χ1) is 6.81. The molecule has 0 aromatic heterocycles. The van der Waals surface area contributed by atoms with Crippen LogP contribution in [0.15, 0.2) is 0 Å². The van der Waals surface area contributed by atoms with E-state index in [1.807, 2.05) is 0 Å². The molecule has 0 saturated carbocycles. The number of unbranched alkanes of at least 4 members (excludes halogenated alkanes) is 1. The van der Waals surface area contributed by atoms with Crippen molar-refractivity contribution in [3.63, 3.8) is 0 Å². The SMILES string of the molecule is CC(C)CCCCC(C)CNC(C)(C)C. The van der Waals surface area contributed by atoms with E-state index in [1.54, 1.807) is 0 Å². The molecule has 1 heteroatoms. The molecule has 0 spiro atoms. The van der Waals surface area contributed by atoms with Gasteiger partial charge in [-0.05, 0) is 45.6 Å². The van der Waals surface area contributed by atoms with E-state index < -0.39 is 0 Å². The molecule has 92 valence electrons. The average molecular weight is 213 g/mol. The van der Waals surface area contributed by atoms with E-state index in [9.17, 15) is 0 Å². The van der Waals surface area contributed by atoms with Gasteiger partial charge in [0.25, 0.3) is 0 Å². The van der Waals surface area contributed by atoms with Crippen LogP contribution >= 0.6 is 0 Å². The molecule has 0 radical (unpaired) electrons. The fraction of sp³-hybridized carbons (Fsp3) is 1.00. The normalized spacial score (nSPS) is 14.6. The maximum Gasteiger partial charge on any atom is 0.00966 e. The van der Waals surface area contributed by atoms with Gasteiger partial charge < -0.3 is 5.32 Å². The average Bonchev–Trinajstić information content (AvgIpc) is 2.07. The lowest BCUT2D eigenvalue weighted by atomic mass is 9.99. The van der Waals surface area contributed by atoms with Crippen LogP contribution in [0.4, 0.5) is 0 Å². The summed E-state index contributed by atoms with van der Waals surface area (Å²) in [5.74, 6) is 1.68. The van der Waals surface area contributed by atoms with Crippen LogP contribution < -0.4 is 5.32 Å². The van der Waals surface area contributed by atoms with Crippen molar-refractivity contribution in [2.75, 3.05) is 6.54 Å². The van der Waals surface area contributed by atoms with Crippen LogP contribution in [0.25, 0.3) is 0 Å². The summed E-state index contributed by atoms with van der Waals surface area (Å²) in [4.78, 5) is 0. The highest BCUT2D eigenvalue weighted by molar-refractivity contribution is 4.71.